The number of carbonyl (C=O) groups excluding carboxylic acids is 2. The van der Waals surface area contributed by atoms with Gasteiger partial charge in [-0.05, 0) is 13.0 Å². The van der Waals surface area contributed by atoms with Gasteiger partial charge in [0.1, 0.15) is 0 Å². The number of aryl methyl sites for hydroxylation is 1. The van der Waals surface area contributed by atoms with E-state index in [2.05, 4.69) is 10.3 Å². The summed E-state index contributed by atoms with van der Waals surface area (Å²) in [5.41, 5.74) is 1.58. The van der Waals surface area contributed by atoms with E-state index in [1.807, 2.05) is 6.07 Å². The van der Waals surface area contributed by atoms with E-state index >= 15 is 0 Å². The van der Waals surface area contributed by atoms with Crippen molar-refractivity contribution in [1.82, 2.24) is 14.9 Å². The van der Waals surface area contributed by atoms with Gasteiger partial charge < -0.3 is 5.32 Å². The van der Waals surface area contributed by atoms with Crippen molar-refractivity contribution < 1.29 is 9.59 Å². The molecule has 0 saturated heterocycles. The fourth-order valence-corrected chi connectivity index (χ4v) is 2.73. The van der Waals surface area contributed by atoms with E-state index in [1.54, 1.807) is 55.5 Å². The van der Waals surface area contributed by atoms with Crippen molar-refractivity contribution >= 4 is 11.7 Å². The molecule has 6 heteroatoms. The van der Waals surface area contributed by atoms with E-state index in [4.69, 9.17) is 0 Å². The molecule has 0 spiro atoms. The molecular weight excluding hydrogens is 342 g/mol. The molecule has 2 aromatic carbocycles. The first-order valence-electron chi connectivity index (χ1n) is 8.56. The van der Waals surface area contributed by atoms with Crippen molar-refractivity contribution in [3.05, 3.63) is 99.7 Å². The Balaban J connectivity index is 1.73. The summed E-state index contributed by atoms with van der Waals surface area (Å²) in [4.78, 5) is 41.3. The first-order chi connectivity index (χ1) is 13.1. The molecule has 0 atom stereocenters. The molecule has 1 aromatic heterocycles. The molecule has 3 rings (SSSR count). The normalized spacial score (nSPS) is 10.4. The van der Waals surface area contributed by atoms with Crippen LogP contribution in [0.4, 0.5) is 0 Å². The summed E-state index contributed by atoms with van der Waals surface area (Å²) >= 11 is 0. The number of hydrogen-bond donors (Lipinski definition) is 1. The SMILES string of the molecule is Cc1cncn(CCNC(=O)c2ccccc2C(=O)c2ccccc2)c1=O. The second kappa shape index (κ2) is 8.23. The van der Waals surface area contributed by atoms with Gasteiger partial charge in [0, 0.05) is 36.0 Å². The highest BCUT2D eigenvalue weighted by molar-refractivity contribution is 6.15. The van der Waals surface area contributed by atoms with Gasteiger partial charge in [-0.25, -0.2) is 4.98 Å². The molecule has 0 radical (unpaired) electrons. The molecular formula is C21H19N3O3. The number of benzene rings is 2. The highest BCUT2D eigenvalue weighted by Gasteiger charge is 2.17. The fraction of sp³-hybridized carbons (Fsp3) is 0.143. The van der Waals surface area contributed by atoms with E-state index in [1.165, 1.54) is 17.1 Å². The molecule has 3 aromatic rings. The molecule has 1 N–H and O–H groups in total. The minimum atomic E-state index is -0.358. The lowest BCUT2D eigenvalue weighted by molar-refractivity contribution is 0.0940. The van der Waals surface area contributed by atoms with Gasteiger partial charge in [-0.15, -0.1) is 0 Å². The van der Waals surface area contributed by atoms with Crippen molar-refractivity contribution in [2.45, 2.75) is 13.5 Å². The van der Waals surface area contributed by atoms with Gasteiger partial charge in [-0.2, -0.15) is 0 Å². The second-order valence-corrected chi connectivity index (χ2v) is 6.07. The number of amides is 1. The van der Waals surface area contributed by atoms with E-state index in [-0.39, 0.29) is 23.8 Å². The largest absolute Gasteiger partial charge is 0.350 e. The van der Waals surface area contributed by atoms with Crippen molar-refractivity contribution in [1.29, 1.82) is 0 Å². The number of hydrogen-bond acceptors (Lipinski definition) is 4. The van der Waals surface area contributed by atoms with Crippen LogP contribution in [0.25, 0.3) is 0 Å². The quantitative estimate of drug-likeness (QED) is 0.683. The predicted molar refractivity (Wildman–Crippen MR) is 102 cm³/mol. The summed E-state index contributed by atoms with van der Waals surface area (Å²) in [6, 6.07) is 15.5. The van der Waals surface area contributed by atoms with E-state index in [0.717, 1.165) is 0 Å². The van der Waals surface area contributed by atoms with Crippen LogP contribution < -0.4 is 10.9 Å². The molecule has 0 bridgehead atoms. The Labute approximate surface area is 156 Å². The maximum atomic E-state index is 12.7. The van der Waals surface area contributed by atoms with Gasteiger partial charge in [-0.3, -0.25) is 19.0 Å². The number of aromatic nitrogens is 2. The Morgan fingerprint density at radius 2 is 1.67 bits per heavy atom. The molecule has 1 heterocycles. The monoisotopic (exact) mass is 361 g/mol. The van der Waals surface area contributed by atoms with Crippen LogP contribution in [-0.4, -0.2) is 27.8 Å². The molecule has 27 heavy (non-hydrogen) atoms. The molecule has 1 amide bonds. The Bertz CT molecular complexity index is 1030. The molecule has 0 fully saturated rings. The van der Waals surface area contributed by atoms with Crippen LogP contribution in [0.15, 0.2) is 71.9 Å². The number of nitrogens with zero attached hydrogens (tertiary/aromatic N) is 2. The van der Waals surface area contributed by atoms with Gasteiger partial charge in [0.25, 0.3) is 11.5 Å². The van der Waals surface area contributed by atoms with Crippen LogP contribution >= 0.6 is 0 Å². The van der Waals surface area contributed by atoms with Crippen LogP contribution in [-0.2, 0) is 6.54 Å². The Morgan fingerprint density at radius 3 is 2.41 bits per heavy atom. The smallest absolute Gasteiger partial charge is 0.256 e. The zero-order valence-corrected chi connectivity index (χ0v) is 14.9. The maximum absolute atomic E-state index is 12.7. The summed E-state index contributed by atoms with van der Waals surface area (Å²) < 4.78 is 1.44. The summed E-state index contributed by atoms with van der Waals surface area (Å²) in [5.74, 6) is -0.566. The first kappa shape index (κ1) is 18.3. The zero-order chi connectivity index (χ0) is 19.2. The zero-order valence-electron chi connectivity index (χ0n) is 14.9. The lowest BCUT2D eigenvalue weighted by atomic mass is 9.98. The van der Waals surface area contributed by atoms with Gasteiger partial charge in [0.05, 0.1) is 11.9 Å². The number of ketones is 1. The number of carbonyl (C=O) groups is 2. The molecule has 136 valence electrons. The molecule has 6 nitrogen and oxygen atoms in total. The molecule has 0 aliphatic heterocycles. The minimum Gasteiger partial charge on any atom is -0.350 e. The summed E-state index contributed by atoms with van der Waals surface area (Å²) in [7, 11) is 0. The van der Waals surface area contributed by atoms with Crippen molar-refractivity contribution in [3.8, 4) is 0 Å². The average molecular weight is 361 g/mol. The third-order valence-corrected chi connectivity index (χ3v) is 4.16. The molecule has 0 aliphatic carbocycles. The lowest BCUT2D eigenvalue weighted by Gasteiger charge is -2.10. The predicted octanol–water partition coefficient (Wildman–Crippen LogP) is 2.21. The van der Waals surface area contributed by atoms with Gasteiger partial charge in [0.15, 0.2) is 5.78 Å². The maximum Gasteiger partial charge on any atom is 0.256 e. The average Bonchev–Trinajstić information content (AvgIpc) is 2.71. The summed E-state index contributed by atoms with van der Waals surface area (Å²) in [6.07, 6.45) is 2.94. The third-order valence-electron chi connectivity index (χ3n) is 4.16. The fourth-order valence-electron chi connectivity index (χ4n) is 2.73. The van der Waals surface area contributed by atoms with Crippen LogP contribution in [0.3, 0.4) is 0 Å². The lowest BCUT2D eigenvalue weighted by Crippen LogP contribution is -2.32. The number of nitrogens with one attached hydrogen (secondary N) is 1. The molecule has 0 aliphatic rings. The van der Waals surface area contributed by atoms with Crippen molar-refractivity contribution in [2.75, 3.05) is 6.54 Å². The van der Waals surface area contributed by atoms with E-state index < -0.39 is 0 Å². The highest BCUT2D eigenvalue weighted by atomic mass is 16.2. The Morgan fingerprint density at radius 1 is 1.00 bits per heavy atom. The second-order valence-electron chi connectivity index (χ2n) is 6.07. The minimum absolute atomic E-state index is 0.140. The highest BCUT2D eigenvalue weighted by Crippen LogP contribution is 2.14. The Kier molecular flexibility index (Phi) is 5.56. The molecule has 0 saturated carbocycles. The van der Waals surface area contributed by atoms with E-state index in [9.17, 15) is 14.4 Å². The van der Waals surface area contributed by atoms with Crippen molar-refractivity contribution in [3.63, 3.8) is 0 Å². The number of rotatable bonds is 6. The van der Waals surface area contributed by atoms with Crippen LogP contribution in [0, 0.1) is 6.92 Å². The van der Waals surface area contributed by atoms with Gasteiger partial charge >= 0.3 is 0 Å². The van der Waals surface area contributed by atoms with Crippen LogP contribution in [0.5, 0.6) is 0 Å². The standard InChI is InChI=1S/C21H19N3O3/c1-15-13-22-14-24(21(15)27)12-11-23-20(26)18-10-6-5-9-17(18)19(25)16-7-3-2-4-8-16/h2-10,13-14H,11-12H2,1H3,(H,23,26). The van der Waals surface area contributed by atoms with Crippen molar-refractivity contribution in [2.24, 2.45) is 0 Å². The van der Waals surface area contributed by atoms with Crippen LogP contribution in [0.1, 0.15) is 31.8 Å². The topological polar surface area (TPSA) is 81.1 Å². The molecule has 0 unspecified atom stereocenters. The first-order valence-corrected chi connectivity index (χ1v) is 8.56. The summed E-state index contributed by atoms with van der Waals surface area (Å²) in [5, 5.41) is 2.76. The van der Waals surface area contributed by atoms with Gasteiger partial charge in [-0.1, -0.05) is 48.5 Å². The van der Waals surface area contributed by atoms with E-state index in [0.29, 0.717) is 28.8 Å². The third kappa shape index (κ3) is 4.17. The Hall–Kier alpha value is -3.54. The van der Waals surface area contributed by atoms with Gasteiger partial charge in [0.2, 0.25) is 0 Å². The summed E-state index contributed by atoms with van der Waals surface area (Å²) in [6.45, 7) is 2.24. The van der Waals surface area contributed by atoms with Crippen LogP contribution in [0.2, 0.25) is 0 Å².